The standard InChI is InChI=1S/C16H24N4O3/c1-3-14(21)20-13(5-4-10-18-16(17)23)15(22)19-12-8-6-11(2)7-9-12/h6-9,13H,3-5,10H2,1-2H3,(H,19,22)(H,20,21)(H3,17,18,23). The molecule has 1 rings (SSSR count). The molecule has 0 fully saturated rings. The zero-order valence-corrected chi connectivity index (χ0v) is 13.5. The predicted octanol–water partition coefficient (Wildman–Crippen LogP) is 1.28. The van der Waals surface area contributed by atoms with Gasteiger partial charge in [-0.2, -0.15) is 0 Å². The van der Waals surface area contributed by atoms with Gasteiger partial charge in [0.1, 0.15) is 6.04 Å². The number of urea groups is 1. The fourth-order valence-electron chi connectivity index (χ4n) is 1.95. The molecule has 0 aliphatic carbocycles. The zero-order chi connectivity index (χ0) is 17.2. The number of rotatable bonds is 8. The molecule has 7 nitrogen and oxygen atoms in total. The van der Waals surface area contributed by atoms with E-state index in [4.69, 9.17) is 5.73 Å². The van der Waals surface area contributed by atoms with Gasteiger partial charge in [0.25, 0.3) is 0 Å². The van der Waals surface area contributed by atoms with Crippen molar-refractivity contribution < 1.29 is 14.4 Å². The number of nitrogens with two attached hydrogens (primary N) is 1. The van der Waals surface area contributed by atoms with Gasteiger partial charge < -0.3 is 21.7 Å². The van der Waals surface area contributed by atoms with Gasteiger partial charge in [0.15, 0.2) is 0 Å². The summed E-state index contributed by atoms with van der Waals surface area (Å²) in [5.41, 5.74) is 6.75. The molecule has 1 unspecified atom stereocenters. The van der Waals surface area contributed by atoms with E-state index in [0.717, 1.165) is 5.56 Å². The van der Waals surface area contributed by atoms with Crippen molar-refractivity contribution in [1.29, 1.82) is 0 Å². The molecule has 1 atom stereocenters. The third kappa shape index (κ3) is 7.30. The molecule has 4 amide bonds. The monoisotopic (exact) mass is 320 g/mol. The summed E-state index contributed by atoms with van der Waals surface area (Å²) >= 11 is 0. The van der Waals surface area contributed by atoms with Crippen LogP contribution in [0.25, 0.3) is 0 Å². The van der Waals surface area contributed by atoms with Crippen LogP contribution in [0, 0.1) is 6.92 Å². The van der Waals surface area contributed by atoms with E-state index < -0.39 is 12.1 Å². The molecular weight excluding hydrogens is 296 g/mol. The second-order valence-corrected chi connectivity index (χ2v) is 5.26. The van der Waals surface area contributed by atoms with Gasteiger partial charge in [0, 0.05) is 18.7 Å². The highest BCUT2D eigenvalue weighted by atomic mass is 16.2. The molecule has 0 spiro atoms. The Labute approximate surface area is 136 Å². The van der Waals surface area contributed by atoms with Crippen molar-refractivity contribution in [1.82, 2.24) is 10.6 Å². The average molecular weight is 320 g/mol. The molecule has 1 aromatic rings. The Morgan fingerprint density at radius 3 is 2.39 bits per heavy atom. The van der Waals surface area contributed by atoms with Gasteiger partial charge >= 0.3 is 6.03 Å². The lowest BCUT2D eigenvalue weighted by Crippen LogP contribution is -2.44. The van der Waals surface area contributed by atoms with Gasteiger partial charge in [-0.1, -0.05) is 24.6 Å². The highest BCUT2D eigenvalue weighted by Gasteiger charge is 2.20. The molecule has 0 aliphatic rings. The minimum atomic E-state index is -0.654. The number of hydrogen-bond donors (Lipinski definition) is 4. The normalized spacial score (nSPS) is 11.4. The Morgan fingerprint density at radius 1 is 1.17 bits per heavy atom. The molecule has 0 aromatic heterocycles. The number of aryl methyl sites for hydroxylation is 1. The molecule has 7 heteroatoms. The first-order chi connectivity index (χ1) is 10.9. The van der Waals surface area contributed by atoms with E-state index in [1.54, 1.807) is 19.1 Å². The first kappa shape index (κ1) is 18.5. The fraction of sp³-hybridized carbons (Fsp3) is 0.438. The summed E-state index contributed by atoms with van der Waals surface area (Å²) in [6.07, 6.45) is 1.23. The van der Waals surface area contributed by atoms with Gasteiger partial charge in [-0.3, -0.25) is 9.59 Å². The van der Waals surface area contributed by atoms with Crippen LogP contribution in [0.2, 0.25) is 0 Å². The van der Waals surface area contributed by atoms with Crippen molar-refractivity contribution in [3.8, 4) is 0 Å². The maximum absolute atomic E-state index is 12.3. The molecule has 0 saturated carbocycles. The summed E-state index contributed by atoms with van der Waals surface area (Å²) in [7, 11) is 0. The lowest BCUT2D eigenvalue weighted by Gasteiger charge is -2.18. The van der Waals surface area contributed by atoms with Crippen molar-refractivity contribution in [2.24, 2.45) is 5.73 Å². The van der Waals surface area contributed by atoms with Crippen LogP contribution < -0.4 is 21.7 Å². The van der Waals surface area contributed by atoms with Crippen LogP contribution in [0.1, 0.15) is 31.7 Å². The number of nitrogens with one attached hydrogen (secondary N) is 3. The largest absolute Gasteiger partial charge is 0.352 e. The van der Waals surface area contributed by atoms with E-state index in [2.05, 4.69) is 16.0 Å². The highest BCUT2D eigenvalue weighted by Crippen LogP contribution is 2.10. The molecule has 0 bridgehead atoms. The maximum Gasteiger partial charge on any atom is 0.312 e. The molecule has 0 heterocycles. The van der Waals surface area contributed by atoms with E-state index in [-0.39, 0.29) is 11.8 Å². The Hall–Kier alpha value is -2.57. The molecule has 5 N–H and O–H groups in total. The maximum atomic E-state index is 12.3. The Balaban J connectivity index is 2.61. The minimum Gasteiger partial charge on any atom is -0.352 e. The van der Waals surface area contributed by atoms with Crippen LogP contribution in [0.3, 0.4) is 0 Å². The highest BCUT2D eigenvalue weighted by molar-refractivity contribution is 5.97. The van der Waals surface area contributed by atoms with E-state index in [9.17, 15) is 14.4 Å². The van der Waals surface area contributed by atoms with Crippen molar-refractivity contribution in [3.05, 3.63) is 29.8 Å². The summed E-state index contributed by atoms with van der Waals surface area (Å²) < 4.78 is 0. The van der Waals surface area contributed by atoms with E-state index >= 15 is 0 Å². The van der Waals surface area contributed by atoms with E-state index in [1.807, 2.05) is 19.1 Å². The van der Waals surface area contributed by atoms with Crippen molar-refractivity contribution in [2.75, 3.05) is 11.9 Å². The third-order valence-electron chi connectivity index (χ3n) is 3.26. The molecule has 23 heavy (non-hydrogen) atoms. The summed E-state index contributed by atoms with van der Waals surface area (Å²) in [5.74, 6) is -0.480. The number of hydrogen-bond acceptors (Lipinski definition) is 3. The van der Waals surface area contributed by atoms with Crippen LogP contribution in [0.15, 0.2) is 24.3 Å². The summed E-state index contributed by atoms with van der Waals surface area (Å²) in [6.45, 7) is 4.03. The van der Waals surface area contributed by atoms with Gasteiger partial charge in [0.2, 0.25) is 11.8 Å². The summed E-state index contributed by atoms with van der Waals surface area (Å²) in [6, 6.07) is 6.14. The van der Waals surface area contributed by atoms with Crippen molar-refractivity contribution in [3.63, 3.8) is 0 Å². The van der Waals surface area contributed by atoms with Crippen LogP contribution in [-0.4, -0.2) is 30.4 Å². The van der Waals surface area contributed by atoms with E-state index in [1.165, 1.54) is 0 Å². The van der Waals surface area contributed by atoms with Gasteiger partial charge in [-0.15, -0.1) is 0 Å². The minimum absolute atomic E-state index is 0.197. The molecular formula is C16H24N4O3. The summed E-state index contributed by atoms with van der Waals surface area (Å²) in [4.78, 5) is 34.6. The predicted molar refractivity (Wildman–Crippen MR) is 88.9 cm³/mol. The van der Waals surface area contributed by atoms with Gasteiger partial charge in [0.05, 0.1) is 0 Å². The molecule has 1 aromatic carbocycles. The number of amides is 4. The molecule has 0 saturated heterocycles. The third-order valence-corrected chi connectivity index (χ3v) is 3.26. The SMILES string of the molecule is CCC(=O)NC(CCCNC(N)=O)C(=O)Nc1ccc(C)cc1. The second kappa shape index (κ2) is 9.45. The fourth-order valence-corrected chi connectivity index (χ4v) is 1.95. The Bertz CT molecular complexity index is 543. The van der Waals surface area contributed by atoms with Gasteiger partial charge in [-0.05, 0) is 31.9 Å². The van der Waals surface area contributed by atoms with Crippen molar-refractivity contribution >= 4 is 23.5 Å². The van der Waals surface area contributed by atoms with E-state index in [0.29, 0.717) is 31.5 Å². The number of primary amides is 1. The average Bonchev–Trinajstić information content (AvgIpc) is 2.51. The first-order valence-corrected chi connectivity index (χ1v) is 7.62. The smallest absolute Gasteiger partial charge is 0.312 e. The zero-order valence-electron chi connectivity index (χ0n) is 13.5. The molecule has 0 radical (unpaired) electrons. The molecule has 126 valence electrons. The summed E-state index contributed by atoms with van der Waals surface area (Å²) in [5, 5.41) is 7.93. The number of carbonyl (C=O) groups excluding carboxylic acids is 3. The Kier molecular flexibility index (Phi) is 7.59. The quantitative estimate of drug-likeness (QED) is 0.541. The second-order valence-electron chi connectivity index (χ2n) is 5.26. The van der Waals surface area contributed by atoms with Crippen LogP contribution in [0.4, 0.5) is 10.5 Å². The number of carbonyl (C=O) groups is 3. The Morgan fingerprint density at radius 2 is 1.83 bits per heavy atom. The number of benzene rings is 1. The number of anilines is 1. The van der Waals surface area contributed by atoms with Gasteiger partial charge in [-0.25, -0.2) is 4.79 Å². The van der Waals surface area contributed by atoms with Crippen LogP contribution >= 0.6 is 0 Å². The lowest BCUT2D eigenvalue weighted by atomic mass is 10.1. The lowest BCUT2D eigenvalue weighted by molar-refractivity contribution is -0.126. The molecule has 0 aliphatic heterocycles. The van der Waals surface area contributed by atoms with Crippen molar-refractivity contribution in [2.45, 2.75) is 39.2 Å². The van der Waals surface area contributed by atoms with Crippen LogP contribution in [-0.2, 0) is 9.59 Å². The first-order valence-electron chi connectivity index (χ1n) is 7.62. The van der Waals surface area contributed by atoms with Crippen LogP contribution in [0.5, 0.6) is 0 Å². The topological polar surface area (TPSA) is 113 Å².